The highest BCUT2D eigenvalue weighted by Crippen LogP contribution is 2.35. The van der Waals surface area contributed by atoms with E-state index in [2.05, 4.69) is 39.0 Å². The zero-order valence-electron chi connectivity index (χ0n) is 12.3. The van der Waals surface area contributed by atoms with Gasteiger partial charge >= 0.3 is 12.1 Å². The molecule has 1 heterocycles. The van der Waals surface area contributed by atoms with Crippen LogP contribution in [-0.2, 0) is 27.0 Å². The molecule has 0 aliphatic carbocycles. The van der Waals surface area contributed by atoms with E-state index in [9.17, 15) is 22.8 Å². The number of rotatable bonds is 6. The molecular formula is C12H15BrF3N3O3S. The fraction of sp³-hybridized carbons (Fsp3) is 0.583. The van der Waals surface area contributed by atoms with Gasteiger partial charge in [-0.3, -0.25) is 9.48 Å². The van der Waals surface area contributed by atoms with E-state index in [1.54, 1.807) is 6.92 Å². The third-order valence-corrected chi connectivity index (χ3v) is 4.10. The van der Waals surface area contributed by atoms with Crippen molar-refractivity contribution in [1.82, 2.24) is 15.1 Å². The molecule has 11 heteroatoms. The average molecular weight is 418 g/mol. The highest BCUT2D eigenvalue weighted by molar-refractivity contribution is 9.10. The summed E-state index contributed by atoms with van der Waals surface area (Å²) in [6, 6.07) is -0.979. The third-order valence-electron chi connectivity index (χ3n) is 2.78. The Hall–Kier alpha value is -1.23. The lowest BCUT2D eigenvalue weighted by molar-refractivity contribution is -0.146. The fourth-order valence-corrected chi connectivity index (χ4v) is 2.41. The third kappa shape index (κ3) is 5.13. The second kappa shape index (κ2) is 8.04. The summed E-state index contributed by atoms with van der Waals surface area (Å²) in [6.07, 6.45) is -4.64. The number of hydrogen-bond acceptors (Lipinski definition) is 5. The van der Waals surface area contributed by atoms with E-state index in [4.69, 9.17) is 4.74 Å². The first kappa shape index (κ1) is 19.8. The summed E-state index contributed by atoms with van der Waals surface area (Å²) in [5.74, 6) is -1.34. The molecule has 23 heavy (non-hydrogen) atoms. The number of halogens is 4. The van der Waals surface area contributed by atoms with E-state index in [-0.39, 0.29) is 22.5 Å². The van der Waals surface area contributed by atoms with Crippen LogP contribution in [0.25, 0.3) is 0 Å². The molecule has 0 unspecified atom stereocenters. The van der Waals surface area contributed by atoms with Crippen LogP contribution in [0.4, 0.5) is 13.2 Å². The quantitative estimate of drug-likeness (QED) is 0.547. The molecule has 0 spiro atoms. The molecule has 1 N–H and O–H groups in total. The van der Waals surface area contributed by atoms with E-state index >= 15 is 0 Å². The minimum Gasteiger partial charge on any atom is -0.464 e. The fourth-order valence-electron chi connectivity index (χ4n) is 1.66. The number of ether oxygens (including phenoxy) is 1. The van der Waals surface area contributed by atoms with Gasteiger partial charge in [-0.25, -0.2) is 4.79 Å². The van der Waals surface area contributed by atoms with E-state index in [1.807, 2.05) is 0 Å². The number of aromatic nitrogens is 2. The Kier molecular flexibility index (Phi) is 6.93. The number of hydrogen-bond donors (Lipinski definition) is 2. The Morgan fingerprint density at radius 2 is 2.09 bits per heavy atom. The number of nitrogens with one attached hydrogen (secondary N) is 1. The van der Waals surface area contributed by atoms with Crippen LogP contribution in [0.3, 0.4) is 0 Å². The monoisotopic (exact) mass is 417 g/mol. The lowest BCUT2D eigenvalue weighted by Gasteiger charge is -2.15. The first-order valence-electron chi connectivity index (χ1n) is 6.48. The van der Waals surface area contributed by atoms with E-state index < -0.39 is 36.3 Å². The summed E-state index contributed by atoms with van der Waals surface area (Å²) in [7, 11) is 0. The SMILES string of the molecule is CCOC(=O)[C@H](CS)NC(=O)Cn1nc(C(F)(F)F)c(Br)c1C. The number of carbonyl (C=O) groups excluding carboxylic acids is 2. The Bertz CT molecular complexity index is 592. The van der Waals surface area contributed by atoms with Crippen molar-refractivity contribution in [2.24, 2.45) is 0 Å². The van der Waals surface area contributed by atoms with Gasteiger partial charge in [0.25, 0.3) is 0 Å². The van der Waals surface area contributed by atoms with Gasteiger partial charge in [0.2, 0.25) is 5.91 Å². The Morgan fingerprint density at radius 1 is 1.48 bits per heavy atom. The number of nitrogens with zero attached hydrogens (tertiary/aromatic N) is 2. The van der Waals surface area contributed by atoms with Gasteiger partial charge in [0.05, 0.1) is 16.8 Å². The molecule has 1 aromatic heterocycles. The van der Waals surface area contributed by atoms with Gasteiger partial charge in [0, 0.05) is 5.75 Å². The Balaban J connectivity index is 2.84. The molecule has 130 valence electrons. The number of esters is 1. The molecule has 0 aromatic carbocycles. The number of carbonyl (C=O) groups is 2. The van der Waals surface area contributed by atoms with Gasteiger partial charge in [0.1, 0.15) is 12.6 Å². The van der Waals surface area contributed by atoms with E-state index in [1.165, 1.54) is 6.92 Å². The number of thiol groups is 1. The zero-order chi connectivity index (χ0) is 17.8. The first-order valence-corrected chi connectivity index (χ1v) is 7.91. The molecule has 0 saturated carbocycles. The summed E-state index contributed by atoms with van der Waals surface area (Å²) < 4.78 is 43.7. The van der Waals surface area contributed by atoms with Crippen molar-refractivity contribution in [2.75, 3.05) is 12.4 Å². The predicted octanol–water partition coefficient (Wildman–Crippen LogP) is 1.95. The summed E-state index contributed by atoms with van der Waals surface area (Å²) in [5.41, 5.74) is -0.968. The smallest absolute Gasteiger partial charge is 0.436 e. The molecule has 0 aliphatic rings. The number of amides is 1. The average Bonchev–Trinajstić information content (AvgIpc) is 2.73. The summed E-state index contributed by atoms with van der Waals surface area (Å²) in [6.45, 7) is 2.67. The van der Waals surface area contributed by atoms with Crippen molar-refractivity contribution < 1.29 is 27.5 Å². The standard InChI is InChI=1S/C12H15BrF3N3O3S/c1-3-22-11(21)7(5-23)17-8(20)4-19-6(2)9(13)10(18-19)12(14,15)16/h7,23H,3-5H2,1-2H3,(H,17,20)/t7-/m0/s1. The van der Waals surface area contributed by atoms with Crippen LogP contribution in [0.2, 0.25) is 0 Å². The van der Waals surface area contributed by atoms with Gasteiger partial charge in [-0.1, -0.05) is 0 Å². The minimum absolute atomic E-state index is 0.000157. The van der Waals surface area contributed by atoms with Crippen molar-refractivity contribution >= 4 is 40.4 Å². The van der Waals surface area contributed by atoms with Gasteiger partial charge in [0.15, 0.2) is 5.69 Å². The molecule has 1 atom stereocenters. The molecule has 6 nitrogen and oxygen atoms in total. The molecule has 0 aliphatic heterocycles. The largest absolute Gasteiger partial charge is 0.464 e. The van der Waals surface area contributed by atoms with Crippen LogP contribution in [0.5, 0.6) is 0 Å². The molecule has 1 aromatic rings. The Morgan fingerprint density at radius 3 is 2.52 bits per heavy atom. The molecule has 0 saturated heterocycles. The van der Waals surface area contributed by atoms with Gasteiger partial charge in [-0.2, -0.15) is 30.9 Å². The van der Waals surface area contributed by atoms with Crippen LogP contribution in [-0.4, -0.2) is 40.1 Å². The van der Waals surface area contributed by atoms with Crippen molar-refractivity contribution in [3.05, 3.63) is 15.9 Å². The summed E-state index contributed by atoms with van der Waals surface area (Å²) in [5, 5.41) is 5.73. The van der Waals surface area contributed by atoms with Crippen LogP contribution >= 0.6 is 28.6 Å². The van der Waals surface area contributed by atoms with E-state index in [0.29, 0.717) is 0 Å². The Labute approximate surface area is 144 Å². The van der Waals surface area contributed by atoms with Crippen molar-refractivity contribution in [1.29, 1.82) is 0 Å². The summed E-state index contributed by atoms with van der Waals surface area (Å²) in [4.78, 5) is 23.5. The normalized spacial score (nSPS) is 12.8. The van der Waals surface area contributed by atoms with Crippen LogP contribution in [0.1, 0.15) is 18.3 Å². The number of alkyl halides is 3. The van der Waals surface area contributed by atoms with Crippen molar-refractivity contribution in [3.63, 3.8) is 0 Å². The van der Waals surface area contributed by atoms with Crippen LogP contribution in [0, 0.1) is 6.92 Å². The molecule has 1 rings (SSSR count). The molecular weight excluding hydrogens is 403 g/mol. The van der Waals surface area contributed by atoms with Crippen LogP contribution in [0.15, 0.2) is 4.47 Å². The summed E-state index contributed by atoms with van der Waals surface area (Å²) >= 11 is 6.75. The molecule has 0 bridgehead atoms. The van der Waals surface area contributed by atoms with Crippen molar-refractivity contribution in [3.8, 4) is 0 Å². The van der Waals surface area contributed by atoms with Gasteiger partial charge < -0.3 is 10.1 Å². The van der Waals surface area contributed by atoms with E-state index in [0.717, 1.165) is 4.68 Å². The lowest BCUT2D eigenvalue weighted by atomic mass is 10.3. The topological polar surface area (TPSA) is 73.2 Å². The maximum Gasteiger partial charge on any atom is 0.436 e. The van der Waals surface area contributed by atoms with Gasteiger partial charge in [-0.15, -0.1) is 0 Å². The van der Waals surface area contributed by atoms with Crippen LogP contribution < -0.4 is 5.32 Å². The van der Waals surface area contributed by atoms with Gasteiger partial charge in [-0.05, 0) is 29.8 Å². The van der Waals surface area contributed by atoms with Crippen molar-refractivity contribution in [2.45, 2.75) is 32.6 Å². The highest BCUT2D eigenvalue weighted by Gasteiger charge is 2.38. The minimum atomic E-state index is -4.64. The molecule has 1 amide bonds. The molecule has 0 radical (unpaired) electrons. The predicted molar refractivity (Wildman–Crippen MR) is 82.1 cm³/mol. The second-order valence-corrected chi connectivity index (χ2v) is 5.62. The maximum absolute atomic E-state index is 12.8. The maximum atomic E-state index is 12.8. The zero-order valence-corrected chi connectivity index (χ0v) is 14.8. The molecule has 0 fully saturated rings. The highest BCUT2D eigenvalue weighted by atomic mass is 79.9. The first-order chi connectivity index (χ1) is 10.6. The second-order valence-electron chi connectivity index (χ2n) is 4.46. The lowest BCUT2D eigenvalue weighted by Crippen LogP contribution is -2.44.